The maximum atomic E-state index is 12.3. The number of rotatable bonds is 9. The zero-order valence-electron chi connectivity index (χ0n) is 15.7. The molecular formula is C16H32N4O4. The Balaban J connectivity index is 4.27. The number of ether oxygens (including phenoxy) is 1. The molecule has 0 aliphatic rings. The van der Waals surface area contributed by atoms with Gasteiger partial charge in [-0.25, -0.2) is 10.2 Å². The summed E-state index contributed by atoms with van der Waals surface area (Å²) in [5.41, 5.74) is 2.28. The summed E-state index contributed by atoms with van der Waals surface area (Å²) >= 11 is 0. The van der Waals surface area contributed by atoms with Gasteiger partial charge in [0.1, 0.15) is 11.6 Å². The number of nitrogens with zero attached hydrogens (tertiary/aromatic N) is 1. The van der Waals surface area contributed by atoms with E-state index in [1.54, 1.807) is 27.8 Å². The van der Waals surface area contributed by atoms with E-state index in [4.69, 9.17) is 4.74 Å². The molecule has 0 bridgehead atoms. The fraction of sp³-hybridized carbons (Fsp3) is 0.812. The third kappa shape index (κ3) is 10.0. The summed E-state index contributed by atoms with van der Waals surface area (Å²) in [7, 11) is 1.66. The lowest BCUT2D eigenvalue weighted by atomic mass is 10.1. The van der Waals surface area contributed by atoms with Crippen LogP contribution in [0.1, 0.15) is 53.9 Å². The SMILES string of the molecule is CCN(NC)C(=O)C(CCCCNC(=O)OC(C)(C)C)NC(C)=O. The Kier molecular flexibility index (Phi) is 10.0. The van der Waals surface area contributed by atoms with Crippen LogP contribution in [0.2, 0.25) is 0 Å². The highest BCUT2D eigenvalue weighted by Crippen LogP contribution is 2.07. The maximum Gasteiger partial charge on any atom is 0.407 e. The summed E-state index contributed by atoms with van der Waals surface area (Å²) in [5, 5.41) is 6.81. The van der Waals surface area contributed by atoms with E-state index in [1.807, 2.05) is 6.92 Å². The van der Waals surface area contributed by atoms with E-state index >= 15 is 0 Å². The van der Waals surface area contributed by atoms with Crippen LogP contribution >= 0.6 is 0 Å². The van der Waals surface area contributed by atoms with Crippen LogP contribution in [-0.2, 0) is 14.3 Å². The number of carbonyl (C=O) groups excluding carboxylic acids is 3. The van der Waals surface area contributed by atoms with Crippen molar-refractivity contribution in [2.24, 2.45) is 0 Å². The van der Waals surface area contributed by atoms with Crippen LogP contribution in [-0.4, -0.2) is 54.7 Å². The first-order valence-electron chi connectivity index (χ1n) is 8.33. The number of nitrogens with one attached hydrogen (secondary N) is 3. The van der Waals surface area contributed by atoms with Crippen LogP contribution in [0.15, 0.2) is 0 Å². The summed E-state index contributed by atoms with van der Waals surface area (Å²) in [6.07, 6.45) is 1.43. The first kappa shape index (κ1) is 22.2. The molecule has 1 unspecified atom stereocenters. The van der Waals surface area contributed by atoms with E-state index < -0.39 is 17.7 Å². The van der Waals surface area contributed by atoms with E-state index in [9.17, 15) is 14.4 Å². The summed E-state index contributed by atoms with van der Waals surface area (Å²) in [6.45, 7) is 9.61. The summed E-state index contributed by atoms with van der Waals surface area (Å²) < 4.78 is 5.14. The Morgan fingerprint density at radius 1 is 1.17 bits per heavy atom. The minimum Gasteiger partial charge on any atom is -0.444 e. The van der Waals surface area contributed by atoms with Gasteiger partial charge in [0.2, 0.25) is 5.91 Å². The van der Waals surface area contributed by atoms with E-state index in [-0.39, 0.29) is 11.8 Å². The molecule has 0 fully saturated rings. The molecule has 0 rings (SSSR count). The highest BCUT2D eigenvalue weighted by atomic mass is 16.6. The molecule has 0 aromatic rings. The number of amides is 3. The predicted octanol–water partition coefficient (Wildman–Crippen LogP) is 1.17. The normalized spacial score (nSPS) is 12.2. The van der Waals surface area contributed by atoms with Crippen molar-refractivity contribution in [2.75, 3.05) is 20.1 Å². The van der Waals surface area contributed by atoms with E-state index in [0.29, 0.717) is 32.4 Å². The van der Waals surface area contributed by atoms with Crippen LogP contribution in [0.3, 0.4) is 0 Å². The number of unbranched alkanes of at least 4 members (excludes halogenated alkanes) is 1. The summed E-state index contributed by atoms with van der Waals surface area (Å²) in [5.74, 6) is -0.414. The van der Waals surface area contributed by atoms with Crippen LogP contribution in [0.4, 0.5) is 4.79 Å². The smallest absolute Gasteiger partial charge is 0.407 e. The zero-order valence-corrected chi connectivity index (χ0v) is 15.7. The second kappa shape index (κ2) is 10.9. The van der Waals surface area contributed by atoms with Gasteiger partial charge >= 0.3 is 6.09 Å². The van der Waals surface area contributed by atoms with Gasteiger partial charge in [0.05, 0.1) is 0 Å². The van der Waals surface area contributed by atoms with E-state index in [1.165, 1.54) is 11.9 Å². The van der Waals surface area contributed by atoms with Crippen molar-refractivity contribution < 1.29 is 19.1 Å². The van der Waals surface area contributed by atoms with Gasteiger partial charge in [-0.15, -0.1) is 0 Å². The molecule has 0 saturated heterocycles. The molecule has 0 aliphatic heterocycles. The molecule has 0 aliphatic carbocycles. The number of hydrazine groups is 1. The van der Waals surface area contributed by atoms with Crippen molar-refractivity contribution >= 4 is 17.9 Å². The molecule has 140 valence electrons. The van der Waals surface area contributed by atoms with Gasteiger partial charge < -0.3 is 15.4 Å². The number of carbonyl (C=O) groups is 3. The molecule has 1 atom stereocenters. The average Bonchev–Trinajstić information content (AvgIpc) is 2.44. The first-order chi connectivity index (χ1) is 11.1. The Hall–Kier alpha value is -1.83. The Labute approximate surface area is 144 Å². The second-order valence-electron chi connectivity index (χ2n) is 6.48. The zero-order chi connectivity index (χ0) is 18.8. The highest BCUT2D eigenvalue weighted by molar-refractivity contribution is 5.86. The van der Waals surface area contributed by atoms with Crippen LogP contribution in [0.5, 0.6) is 0 Å². The van der Waals surface area contributed by atoms with Crippen molar-refractivity contribution in [3.63, 3.8) is 0 Å². The van der Waals surface area contributed by atoms with Gasteiger partial charge in [0.25, 0.3) is 5.91 Å². The van der Waals surface area contributed by atoms with Gasteiger partial charge in [0.15, 0.2) is 0 Å². The Morgan fingerprint density at radius 3 is 2.25 bits per heavy atom. The number of alkyl carbamates (subject to hydrolysis) is 1. The molecule has 3 N–H and O–H groups in total. The molecule has 0 radical (unpaired) electrons. The van der Waals surface area contributed by atoms with Crippen molar-refractivity contribution in [1.82, 2.24) is 21.1 Å². The summed E-state index contributed by atoms with van der Waals surface area (Å²) in [4.78, 5) is 35.1. The lowest BCUT2D eigenvalue weighted by Gasteiger charge is -2.25. The number of likely N-dealkylation sites (N-methyl/N-ethyl adjacent to an activating group) is 1. The van der Waals surface area contributed by atoms with Crippen molar-refractivity contribution in [3.05, 3.63) is 0 Å². The largest absolute Gasteiger partial charge is 0.444 e. The predicted molar refractivity (Wildman–Crippen MR) is 92.1 cm³/mol. The molecule has 0 spiro atoms. The van der Waals surface area contributed by atoms with Crippen molar-refractivity contribution in [2.45, 2.75) is 65.5 Å². The number of hydrogen-bond acceptors (Lipinski definition) is 5. The van der Waals surface area contributed by atoms with Gasteiger partial charge in [0, 0.05) is 27.1 Å². The standard InChI is InChI=1S/C16H32N4O4/c1-7-20(17-6)14(22)13(19-12(2)21)10-8-9-11-18-15(23)24-16(3,4)5/h13,17H,7-11H2,1-6H3,(H,18,23)(H,19,21). The minimum atomic E-state index is -0.573. The molecule has 3 amide bonds. The molecule has 8 heteroatoms. The molecule has 8 nitrogen and oxygen atoms in total. The summed E-state index contributed by atoms with van der Waals surface area (Å²) in [6, 6.07) is -0.573. The third-order valence-electron chi connectivity index (χ3n) is 3.12. The van der Waals surface area contributed by atoms with Crippen LogP contribution < -0.4 is 16.1 Å². The topological polar surface area (TPSA) is 99.8 Å². The van der Waals surface area contributed by atoms with Crippen LogP contribution in [0.25, 0.3) is 0 Å². The molecular weight excluding hydrogens is 312 g/mol. The quantitative estimate of drug-likeness (QED) is 0.431. The molecule has 24 heavy (non-hydrogen) atoms. The lowest BCUT2D eigenvalue weighted by Crippen LogP contribution is -2.51. The monoisotopic (exact) mass is 344 g/mol. The maximum absolute atomic E-state index is 12.3. The minimum absolute atomic E-state index is 0.171. The number of hydrogen-bond donors (Lipinski definition) is 3. The Bertz CT molecular complexity index is 417. The fourth-order valence-corrected chi connectivity index (χ4v) is 2.09. The van der Waals surface area contributed by atoms with Gasteiger partial charge in [-0.3, -0.25) is 14.6 Å². The Morgan fingerprint density at radius 2 is 1.79 bits per heavy atom. The second-order valence-corrected chi connectivity index (χ2v) is 6.48. The average molecular weight is 344 g/mol. The molecule has 0 saturated carbocycles. The fourth-order valence-electron chi connectivity index (χ4n) is 2.09. The van der Waals surface area contributed by atoms with Crippen LogP contribution in [0, 0.1) is 0 Å². The third-order valence-corrected chi connectivity index (χ3v) is 3.12. The molecule has 0 aromatic heterocycles. The van der Waals surface area contributed by atoms with Crippen molar-refractivity contribution in [1.29, 1.82) is 0 Å². The highest BCUT2D eigenvalue weighted by Gasteiger charge is 2.23. The van der Waals surface area contributed by atoms with Crippen molar-refractivity contribution in [3.8, 4) is 0 Å². The first-order valence-corrected chi connectivity index (χ1v) is 8.33. The molecule has 0 aromatic carbocycles. The van der Waals surface area contributed by atoms with Gasteiger partial charge in [-0.05, 0) is 47.0 Å². The van der Waals surface area contributed by atoms with E-state index in [2.05, 4.69) is 16.1 Å². The van der Waals surface area contributed by atoms with E-state index in [0.717, 1.165) is 0 Å². The lowest BCUT2D eigenvalue weighted by molar-refractivity contribution is -0.138. The van der Waals surface area contributed by atoms with Gasteiger partial charge in [-0.1, -0.05) is 0 Å². The molecule has 0 heterocycles. The van der Waals surface area contributed by atoms with Gasteiger partial charge in [-0.2, -0.15) is 0 Å².